The zero-order valence-corrected chi connectivity index (χ0v) is 10.7. The molecule has 0 saturated heterocycles. The molecule has 0 aromatic heterocycles. The molecule has 0 radical (unpaired) electrons. The van der Waals surface area contributed by atoms with E-state index in [1.807, 2.05) is 6.92 Å². The SMILES string of the molecule is CCCOc1cc(C)c(CC(C)O)c(C)c1. The average molecular weight is 222 g/mol. The lowest BCUT2D eigenvalue weighted by molar-refractivity contribution is 0.195. The number of aryl methyl sites for hydroxylation is 2. The predicted molar refractivity (Wildman–Crippen MR) is 67.1 cm³/mol. The number of aliphatic hydroxyl groups excluding tert-OH is 1. The molecule has 0 aliphatic rings. The first kappa shape index (κ1) is 13.0. The van der Waals surface area contributed by atoms with E-state index in [0.717, 1.165) is 18.8 Å². The van der Waals surface area contributed by atoms with E-state index in [1.54, 1.807) is 0 Å². The van der Waals surface area contributed by atoms with E-state index >= 15 is 0 Å². The van der Waals surface area contributed by atoms with Gasteiger partial charge in [-0.1, -0.05) is 6.92 Å². The second-order valence-electron chi connectivity index (χ2n) is 4.44. The van der Waals surface area contributed by atoms with Crippen LogP contribution in [0, 0.1) is 13.8 Å². The second-order valence-corrected chi connectivity index (χ2v) is 4.44. The van der Waals surface area contributed by atoms with Crippen molar-refractivity contribution in [1.82, 2.24) is 0 Å². The van der Waals surface area contributed by atoms with Crippen molar-refractivity contribution in [3.8, 4) is 5.75 Å². The van der Waals surface area contributed by atoms with Gasteiger partial charge in [-0.25, -0.2) is 0 Å². The molecular weight excluding hydrogens is 200 g/mol. The van der Waals surface area contributed by atoms with Crippen LogP contribution in [0.3, 0.4) is 0 Å². The molecule has 0 amide bonds. The topological polar surface area (TPSA) is 29.5 Å². The molecule has 0 aliphatic heterocycles. The van der Waals surface area contributed by atoms with E-state index in [9.17, 15) is 5.11 Å². The van der Waals surface area contributed by atoms with Gasteiger partial charge in [-0.3, -0.25) is 0 Å². The highest BCUT2D eigenvalue weighted by Gasteiger charge is 2.08. The van der Waals surface area contributed by atoms with Gasteiger partial charge in [0.15, 0.2) is 0 Å². The number of hydrogen-bond acceptors (Lipinski definition) is 2. The Balaban J connectivity index is 2.89. The maximum absolute atomic E-state index is 9.43. The Hall–Kier alpha value is -1.02. The van der Waals surface area contributed by atoms with E-state index < -0.39 is 0 Å². The van der Waals surface area contributed by atoms with E-state index in [-0.39, 0.29) is 6.10 Å². The van der Waals surface area contributed by atoms with Gasteiger partial charge in [-0.2, -0.15) is 0 Å². The van der Waals surface area contributed by atoms with Crippen molar-refractivity contribution >= 4 is 0 Å². The molecule has 0 spiro atoms. The molecule has 1 N–H and O–H groups in total. The van der Waals surface area contributed by atoms with Gasteiger partial charge in [-0.15, -0.1) is 0 Å². The fraction of sp³-hybridized carbons (Fsp3) is 0.571. The van der Waals surface area contributed by atoms with Gasteiger partial charge in [0.05, 0.1) is 12.7 Å². The first-order valence-corrected chi connectivity index (χ1v) is 5.95. The van der Waals surface area contributed by atoms with E-state index in [2.05, 4.69) is 32.9 Å². The molecule has 0 saturated carbocycles. The number of aliphatic hydroxyl groups is 1. The lowest BCUT2D eigenvalue weighted by Crippen LogP contribution is -2.08. The van der Waals surface area contributed by atoms with Crippen LogP contribution in [0.2, 0.25) is 0 Å². The third kappa shape index (κ3) is 3.53. The fourth-order valence-corrected chi connectivity index (χ4v) is 1.87. The molecule has 0 fully saturated rings. The average Bonchev–Trinajstić information content (AvgIpc) is 2.20. The van der Waals surface area contributed by atoms with Gasteiger partial charge < -0.3 is 9.84 Å². The number of rotatable bonds is 5. The lowest BCUT2D eigenvalue weighted by atomic mass is 9.97. The van der Waals surface area contributed by atoms with Crippen LogP contribution in [0.5, 0.6) is 5.75 Å². The molecule has 2 nitrogen and oxygen atoms in total. The first-order chi connectivity index (χ1) is 7.54. The summed E-state index contributed by atoms with van der Waals surface area (Å²) < 4.78 is 5.61. The van der Waals surface area contributed by atoms with Crippen LogP contribution in [0.1, 0.15) is 37.0 Å². The number of benzene rings is 1. The van der Waals surface area contributed by atoms with Crippen molar-refractivity contribution < 1.29 is 9.84 Å². The third-order valence-electron chi connectivity index (χ3n) is 2.64. The molecule has 1 atom stereocenters. The van der Waals surface area contributed by atoms with Crippen LogP contribution in [-0.4, -0.2) is 17.8 Å². The Morgan fingerprint density at radius 3 is 2.25 bits per heavy atom. The normalized spacial score (nSPS) is 12.6. The summed E-state index contributed by atoms with van der Waals surface area (Å²) >= 11 is 0. The Morgan fingerprint density at radius 2 is 1.81 bits per heavy atom. The standard InChI is InChI=1S/C14H22O2/c1-5-6-16-13-7-10(2)14(9-12(4)15)11(3)8-13/h7-8,12,15H,5-6,9H2,1-4H3. The molecule has 0 aliphatic carbocycles. The molecule has 1 rings (SSSR count). The number of hydrogen-bond donors (Lipinski definition) is 1. The van der Waals surface area contributed by atoms with Crippen LogP contribution in [0.15, 0.2) is 12.1 Å². The van der Waals surface area contributed by atoms with Crippen LogP contribution in [0.4, 0.5) is 0 Å². The molecular formula is C14H22O2. The minimum atomic E-state index is -0.292. The summed E-state index contributed by atoms with van der Waals surface area (Å²) in [4.78, 5) is 0. The van der Waals surface area contributed by atoms with Gasteiger partial charge in [0.25, 0.3) is 0 Å². The predicted octanol–water partition coefficient (Wildman–Crippen LogP) is 3.02. The third-order valence-corrected chi connectivity index (χ3v) is 2.64. The lowest BCUT2D eigenvalue weighted by Gasteiger charge is -2.14. The molecule has 2 heteroatoms. The van der Waals surface area contributed by atoms with Crippen molar-refractivity contribution in [3.05, 3.63) is 28.8 Å². The van der Waals surface area contributed by atoms with Crippen molar-refractivity contribution in [2.75, 3.05) is 6.61 Å². The van der Waals surface area contributed by atoms with Crippen LogP contribution < -0.4 is 4.74 Å². The molecule has 0 heterocycles. The Bertz CT molecular complexity index is 320. The van der Waals surface area contributed by atoms with Crippen molar-refractivity contribution in [3.63, 3.8) is 0 Å². The Labute approximate surface area is 98.3 Å². The quantitative estimate of drug-likeness (QED) is 0.829. The van der Waals surface area contributed by atoms with Gasteiger partial charge in [0.2, 0.25) is 0 Å². The monoisotopic (exact) mass is 222 g/mol. The maximum atomic E-state index is 9.43. The summed E-state index contributed by atoms with van der Waals surface area (Å²) in [6, 6.07) is 4.11. The van der Waals surface area contributed by atoms with Crippen molar-refractivity contribution in [2.24, 2.45) is 0 Å². The van der Waals surface area contributed by atoms with E-state index in [0.29, 0.717) is 6.42 Å². The highest BCUT2D eigenvalue weighted by molar-refractivity contribution is 5.41. The van der Waals surface area contributed by atoms with E-state index in [4.69, 9.17) is 4.74 Å². The first-order valence-electron chi connectivity index (χ1n) is 5.95. The summed E-state index contributed by atoms with van der Waals surface area (Å²) in [5, 5.41) is 9.43. The molecule has 0 bridgehead atoms. The zero-order valence-electron chi connectivity index (χ0n) is 10.7. The smallest absolute Gasteiger partial charge is 0.119 e. The minimum absolute atomic E-state index is 0.292. The van der Waals surface area contributed by atoms with Gasteiger partial charge in [0.1, 0.15) is 5.75 Å². The molecule has 1 aromatic carbocycles. The maximum Gasteiger partial charge on any atom is 0.119 e. The number of ether oxygens (including phenoxy) is 1. The summed E-state index contributed by atoms with van der Waals surface area (Å²) in [6.45, 7) is 8.82. The van der Waals surface area contributed by atoms with Gasteiger partial charge in [0, 0.05) is 0 Å². The highest BCUT2D eigenvalue weighted by atomic mass is 16.5. The van der Waals surface area contributed by atoms with Crippen molar-refractivity contribution in [2.45, 2.75) is 46.6 Å². The highest BCUT2D eigenvalue weighted by Crippen LogP contribution is 2.23. The fourth-order valence-electron chi connectivity index (χ4n) is 1.87. The van der Waals surface area contributed by atoms with E-state index in [1.165, 1.54) is 16.7 Å². The summed E-state index contributed by atoms with van der Waals surface area (Å²) in [5.41, 5.74) is 3.64. The molecule has 1 unspecified atom stereocenters. The summed E-state index contributed by atoms with van der Waals surface area (Å²) in [7, 11) is 0. The minimum Gasteiger partial charge on any atom is -0.494 e. The Kier molecular flexibility index (Phi) is 4.81. The summed E-state index contributed by atoms with van der Waals surface area (Å²) in [5.74, 6) is 0.936. The molecule has 1 aromatic rings. The summed E-state index contributed by atoms with van der Waals surface area (Å²) in [6.07, 6.45) is 1.44. The largest absolute Gasteiger partial charge is 0.494 e. The zero-order chi connectivity index (χ0) is 12.1. The molecule has 16 heavy (non-hydrogen) atoms. The Morgan fingerprint density at radius 1 is 1.25 bits per heavy atom. The van der Waals surface area contributed by atoms with Crippen LogP contribution in [0.25, 0.3) is 0 Å². The second kappa shape index (κ2) is 5.90. The molecule has 90 valence electrons. The van der Waals surface area contributed by atoms with Crippen LogP contribution >= 0.6 is 0 Å². The van der Waals surface area contributed by atoms with Crippen molar-refractivity contribution in [1.29, 1.82) is 0 Å². The van der Waals surface area contributed by atoms with Gasteiger partial charge in [-0.05, 0) is 62.4 Å². The van der Waals surface area contributed by atoms with Gasteiger partial charge >= 0.3 is 0 Å². The van der Waals surface area contributed by atoms with Crippen LogP contribution in [-0.2, 0) is 6.42 Å².